The molecule has 4 fully saturated rings. The summed E-state index contributed by atoms with van der Waals surface area (Å²) in [7, 11) is 0. The van der Waals surface area contributed by atoms with E-state index in [9.17, 15) is 15.3 Å². The summed E-state index contributed by atoms with van der Waals surface area (Å²) in [4.78, 5) is 0. The summed E-state index contributed by atoms with van der Waals surface area (Å²) in [6.07, 6.45) is 9.55. The van der Waals surface area contributed by atoms with Gasteiger partial charge < -0.3 is 15.3 Å². The first-order valence-electron chi connectivity index (χ1n) is 11.3. The van der Waals surface area contributed by atoms with E-state index >= 15 is 0 Å². The van der Waals surface area contributed by atoms with Gasteiger partial charge >= 0.3 is 0 Å². The van der Waals surface area contributed by atoms with Gasteiger partial charge in [-0.25, -0.2) is 0 Å². The second kappa shape index (κ2) is 6.74. The molecule has 0 aromatic rings. The average Bonchev–Trinajstić information content (AvgIpc) is 2.94. The quantitative estimate of drug-likeness (QED) is 0.709. The highest BCUT2D eigenvalue weighted by Gasteiger charge is 2.62. The minimum absolute atomic E-state index is 0.152. The van der Waals surface area contributed by atoms with Crippen molar-refractivity contribution >= 4 is 0 Å². The Labute approximate surface area is 159 Å². The van der Waals surface area contributed by atoms with Gasteiger partial charge in [0.25, 0.3) is 0 Å². The Kier molecular flexibility index (Phi) is 4.98. The first kappa shape index (κ1) is 19.2. The van der Waals surface area contributed by atoms with Crippen LogP contribution in [0.2, 0.25) is 0 Å². The smallest absolute Gasteiger partial charge is 0.0577 e. The van der Waals surface area contributed by atoms with Crippen molar-refractivity contribution in [2.45, 2.75) is 90.8 Å². The maximum atomic E-state index is 11.2. The highest BCUT2D eigenvalue weighted by atomic mass is 16.3. The molecule has 4 rings (SSSR count). The van der Waals surface area contributed by atoms with Crippen molar-refractivity contribution in [3.63, 3.8) is 0 Å². The molecular weight excluding hydrogens is 324 g/mol. The number of hydrogen-bond acceptors (Lipinski definition) is 3. The molecule has 4 saturated carbocycles. The number of aliphatic hydroxyl groups is 3. The molecule has 0 aromatic heterocycles. The van der Waals surface area contributed by atoms with Crippen molar-refractivity contribution in [2.24, 2.45) is 46.3 Å². The highest BCUT2D eigenvalue weighted by Crippen LogP contribution is 2.68. The van der Waals surface area contributed by atoms with E-state index in [1.165, 1.54) is 25.7 Å². The molecule has 0 saturated heterocycles. The molecule has 10 atom stereocenters. The standard InChI is InChI=1S/C23H40O3/c1-14(8-11-24)17-4-5-18-21-19(7-10-23(17,18)3)22(2)9-6-16(25)12-15(22)13-20(21)26/h14-21,24-26H,4-13H2,1-3H3/t14-,15+,16-,17-,18+,19+,20+,21+,22+,23-/m1/s1. The molecule has 0 amide bonds. The fourth-order valence-corrected chi connectivity index (χ4v) is 8.58. The topological polar surface area (TPSA) is 60.7 Å². The van der Waals surface area contributed by atoms with Gasteiger partial charge in [0.05, 0.1) is 12.2 Å². The van der Waals surface area contributed by atoms with Gasteiger partial charge in [0.2, 0.25) is 0 Å². The first-order valence-corrected chi connectivity index (χ1v) is 11.3. The minimum atomic E-state index is -0.181. The maximum Gasteiger partial charge on any atom is 0.0577 e. The zero-order chi connectivity index (χ0) is 18.7. The van der Waals surface area contributed by atoms with E-state index in [4.69, 9.17) is 0 Å². The Hall–Kier alpha value is -0.120. The molecule has 4 aliphatic carbocycles. The summed E-state index contributed by atoms with van der Waals surface area (Å²) >= 11 is 0. The van der Waals surface area contributed by atoms with Crippen molar-refractivity contribution < 1.29 is 15.3 Å². The summed E-state index contributed by atoms with van der Waals surface area (Å²) < 4.78 is 0. The second-order valence-corrected chi connectivity index (χ2v) is 10.9. The van der Waals surface area contributed by atoms with Crippen molar-refractivity contribution in [3.05, 3.63) is 0 Å². The molecule has 3 heteroatoms. The molecule has 3 N–H and O–H groups in total. The molecule has 0 unspecified atom stereocenters. The zero-order valence-corrected chi connectivity index (χ0v) is 17.0. The van der Waals surface area contributed by atoms with Crippen LogP contribution in [-0.2, 0) is 0 Å². The number of aliphatic hydroxyl groups excluding tert-OH is 3. The Morgan fingerprint density at radius 1 is 0.923 bits per heavy atom. The normalized spacial score (nSPS) is 54.9. The van der Waals surface area contributed by atoms with Crippen molar-refractivity contribution in [3.8, 4) is 0 Å². The van der Waals surface area contributed by atoms with E-state index in [0.29, 0.717) is 52.9 Å². The van der Waals surface area contributed by atoms with Gasteiger partial charge in [0.1, 0.15) is 0 Å². The van der Waals surface area contributed by atoms with E-state index in [-0.39, 0.29) is 12.2 Å². The lowest BCUT2D eigenvalue weighted by Crippen LogP contribution is -2.58. The predicted octanol–water partition coefficient (Wildman–Crippen LogP) is 4.00. The van der Waals surface area contributed by atoms with E-state index < -0.39 is 0 Å². The lowest BCUT2D eigenvalue weighted by molar-refractivity contribution is -0.174. The van der Waals surface area contributed by atoms with Gasteiger partial charge in [0, 0.05) is 6.61 Å². The molecule has 0 bridgehead atoms. The van der Waals surface area contributed by atoms with Gasteiger partial charge in [-0.1, -0.05) is 20.8 Å². The van der Waals surface area contributed by atoms with E-state index in [2.05, 4.69) is 20.8 Å². The van der Waals surface area contributed by atoms with Gasteiger partial charge in [-0.05, 0) is 104 Å². The van der Waals surface area contributed by atoms with Crippen LogP contribution >= 0.6 is 0 Å². The Morgan fingerprint density at radius 3 is 2.35 bits per heavy atom. The molecule has 26 heavy (non-hydrogen) atoms. The van der Waals surface area contributed by atoms with Crippen LogP contribution in [0.4, 0.5) is 0 Å². The molecule has 0 aliphatic heterocycles. The van der Waals surface area contributed by atoms with Crippen molar-refractivity contribution in [1.29, 1.82) is 0 Å². The van der Waals surface area contributed by atoms with Gasteiger partial charge in [-0.2, -0.15) is 0 Å². The lowest BCUT2D eigenvalue weighted by Gasteiger charge is -2.62. The van der Waals surface area contributed by atoms with Crippen LogP contribution in [0.25, 0.3) is 0 Å². The van der Waals surface area contributed by atoms with Crippen LogP contribution in [0.15, 0.2) is 0 Å². The summed E-state index contributed by atoms with van der Waals surface area (Å²) in [5.41, 5.74) is 0.660. The summed E-state index contributed by atoms with van der Waals surface area (Å²) in [5.74, 6) is 3.52. The maximum absolute atomic E-state index is 11.2. The fraction of sp³-hybridized carbons (Fsp3) is 1.00. The summed E-state index contributed by atoms with van der Waals surface area (Å²) in [6, 6.07) is 0. The minimum Gasteiger partial charge on any atom is -0.396 e. The van der Waals surface area contributed by atoms with Crippen molar-refractivity contribution in [1.82, 2.24) is 0 Å². The van der Waals surface area contributed by atoms with Crippen LogP contribution in [0, 0.1) is 46.3 Å². The zero-order valence-electron chi connectivity index (χ0n) is 17.0. The van der Waals surface area contributed by atoms with Crippen LogP contribution in [0.3, 0.4) is 0 Å². The number of fused-ring (bicyclic) bond motifs is 5. The van der Waals surface area contributed by atoms with Gasteiger partial charge in [0.15, 0.2) is 0 Å². The molecule has 0 spiro atoms. The Bertz CT molecular complexity index is 522. The molecule has 0 heterocycles. The molecule has 0 radical (unpaired) electrons. The van der Waals surface area contributed by atoms with Crippen molar-refractivity contribution in [2.75, 3.05) is 6.61 Å². The largest absolute Gasteiger partial charge is 0.396 e. The fourth-order valence-electron chi connectivity index (χ4n) is 8.58. The predicted molar refractivity (Wildman–Crippen MR) is 103 cm³/mol. The third-order valence-electron chi connectivity index (χ3n) is 10.0. The average molecular weight is 365 g/mol. The summed E-state index contributed by atoms with van der Waals surface area (Å²) in [5, 5.41) is 30.8. The molecular formula is C23H40O3. The van der Waals surface area contributed by atoms with Crippen LogP contribution in [-0.4, -0.2) is 34.1 Å². The van der Waals surface area contributed by atoms with E-state index in [0.717, 1.165) is 32.1 Å². The van der Waals surface area contributed by atoms with Gasteiger partial charge in [-0.15, -0.1) is 0 Å². The molecule has 0 aromatic carbocycles. The second-order valence-electron chi connectivity index (χ2n) is 10.9. The highest BCUT2D eigenvalue weighted by molar-refractivity contribution is 5.11. The number of hydrogen-bond donors (Lipinski definition) is 3. The van der Waals surface area contributed by atoms with Crippen LogP contribution in [0.5, 0.6) is 0 Å². The third kappa shape index (κ3) is 2.71. The lowest BCUT2D eigenvalue weighted by atomic mass is 9.43. The van der Waals surface area contributed by atoms with E-state index in [1.807, 2.05) is 0 Å². The third-order valence-corrected chi connectivity index (χ3v) is 10.0. The molecule has 3 nitrogen and oxygen atoms in total. The molecule has 4 aliphatic rings. The Balaban J connectivity index is 1.61. The SMILES string of the molecule is C[C@H](CCO)[C@H]1CC[C@H]2[C@@H]3[C@@H](O)C[C@@H]4C[C@H](O)CC[C@]4(C)[C@H]3CC[C@]12C. The first-order chi connectivity index (χ1) is 12.3. The van der Waals surface area contributed by atoms with Crippen LogP contribution < -0.4 is 0 Å². The van der Waals surface area contributed by atoms with Crippen LogP contribution in [0.1, 0.15) is 78.6 Å². The molecule has 150 valence electrons. The number of rotatable bonds is 3. The van der Waals surface area contributed by atoms with Gasteiger partial charge in [-0.3, -0.25) is 0 Å². The van der Waals surface area contributed by atoms with E-state index in [1.54, 1.807) is 0 Å². The monoisotopic (exact) mass is 364 g/mol. The Morgan fingerprint density at radius 2 is 1.62 bits per heavy atom. The summed E-state index contributed by atoms with van der Waals surface area (Å²) in [6.45, 7) is 7.62.